The van der Waals surface area contributed by atoms with Crippen LogP contribution in [0.1, 0.15) is 18.2 Å². The van der Waals surface area contributed by atoms with Gasteiger partial charge >= 0.3 is 5.97 Å². The summed E-state index contributed by atoms with van der Waals surface area (Å²) in [4.78, 5) is 37.1. The summed E-state index contributed by atoms with van der Waals surface area (Å²) in [5, 5.41) is 2.66. The standard InChI is InChI=1S/C21H19FN2O5S/c1-2-28-20(26)11-19-24(13-18(25)23-12-16-4-3-9-29-16)21(27)17(30-19)10-14-5-7-15(22)8-6-14/h3-11H,2,12-13H2,1H3,(H,23,25)/b17-10-,19-11-. The highest BCUT2D eigenvalue weighted by atomic mass is 32.1. The minimum atomic E-state index is -0.614. The van der Waals surface area contributed by atoms with Crippen molar-refractivity contribution in [2.75, 3.05) is 6.61 Å². The molecule has 0 radical (unpaired) electrons. The van der Waals surface area contributed by atoms with Gasteiger partial charge in [0.2, 0.25) is 5.91 Å². The van der Waals surface area contributed by atoms with E-state index in [1.54, 1.807) is 25.1 Å². The fourth-order valence-electron chi connectivity index (χ4n) is 2.59. The lowest BCUT2D eigenvalue weighted by atomic mass is 10.2. The van der Waals surface area contributed by atoms with E-state index >= 15 is 0 Å². The summed E-state index contributed by atoms with van der Waals surface area (Å²) in [6.07, 6.45) is 4.25. The zero-order valence-electron chi connectivity index (χ0n) is 16.1. The molecule has 0 aliphatic heterocycles. The maximum absolute atomic E-state index is 13.1. The van der Waals surface area contributed by atoms with Crippen molar-refractivity contribution in [2.45, 2.75) is 20.0 Å². The van der Waals surface area contributed by atoms with E-state index in [9.17, 15) is 18.8 Å². The second-order valence-corrected chi connectivity index (χ2v) is 7.21. The Morgan fingerprint density at radius 1 is 1.27 bits per heavy atom. The van der Waals surface area contributed by atoms with Crippen LogP contribution in [0.4, 0.5) is 4.39 Å². The number of thiazole rings is 1. The van der Waals surface area contributed by atoms with Gasteiger partial charge in [0.1, 0.15) is 22.8 Å². The van der Waals surface area contributed by atoms with Crippen LogP contribution in [0.3, 0.4) is 0 Å². The molecule has 0 unspecified atom stereocenters. The first-order valence-electron chi connectivity index (χ1n) is 9.10. The second kappa shape index (κ2) is 9.84. The van der Waals surface area contributed by atoms with Crippen LogP contribution in [0, 0.1) is 5.82 Å². The van der Waals surface area contributed by atoms with Gasteiger partial charge in [-0.25, -0.2) is 9.18 Å². The molecule has 0 saturated carbocycles. The van der Waals surface area contributed by atoms with E-state index in [4.69, 9.17) is 9.15 Å². The van der Waals surface area contributed by atoms with Gasteiger partial charge < -0.3 is 14.5 Å². The Morgan fingerprint density at radius 2 is 2.03 bits per heavy atom. The Labute approximate surface area is 174 Å². The number of nitrogens with one attached hydrogen (secondary N) is 1. The highest BCUT2D eigenvalue weighted by Gasteiger charge is 2.11. The number of amides is 1. The highest BCUT2D eigenvalue weighted by molar-refractivity contribution is 7.07. The summed E-state index contributed by atoms with van der Waals surface area (Å²) in [6, 6.07) is 9.05. The molecule has 0 aliphatic rings. The number of esters is 1. The monoisotopic (exact) mass is 430 g/mol. The molecule has 0 fully saturated rings. The number of nitrogens with zero attached hydrogens (tertiary/aromatic N) is 1. The molecule has 0 spiro atoms. The Hall–Kier alpha value is -3.46. The van der Waals surface area contributed by atoms with Crippen LogP contribution in [-0.4, -0.2) is 23.1 Å². The molecule has 0 bridgehead atoms. The predicted molar refractivity (Wildman–Crippen MR) is 109 cm³/mol. The van der Waals surface area contributed by atoms with Gasteiger partial charge in [0.05, 0.1) is 30.0 Å². The predicted octanol–water partition coefficient (Wildman–Crippen LogP) is 1.13. The van der Waals surface area contributed by atoms with Crippen LogP contribution in [0.5, 0.6) is 0 Å². The Kier molecular flexibility index (Phi) is 6.97. The molecule has 3 rings (SSSR count). The first-order chi connectivity index (χ1) is 14.5. The summed E-state index contributed by atoms with van der Waals surface area (Å²) >= 11 is 1.04. The zero-order chi connectivity index (χ0) is 21.5. The molecule has 1 N–H and O–H groups in total. The number of furan rings is 1. The number of rotatable bonds is 7. The first-order valence-corrected chi connectivity index (χ1v) is 9.92. The molecule has 2 heterocycles. The number of ether oxygens (including phenoxy) is 1. The van der Waals surface area contributed by atoms with Crippen molar-refractivity contribution < 1.29 is 23.1 Å². The van der Waals surface area contributed by atoms with E-state index in [1.165, 1.54) is 41.2 Å². The van der Waals surface area contributed by atoms with Crippen LogP contribution < -0.4 is 20.1 Å². The summed E-state index contributed by atoms with van der Waals surface area (Å²) in [7, 11) is 0. The smallest absolute Gasteiger partial charge is 0.333 e. The third kappa shape index (κ3) is 5.54. The maximum Gasteiger partial charge on any atom is 0.333 e. The number of carbonyl (C=O) groups excluding carboxylic acids is 2. The van der Waals surface area contributed by atoms with Crippen molar-refractivity contribution in [1.82, 2.24) is 9.88 Å². The Bertz CT molecular complexity index is 1190. The van der Waals surface area contributed by atoms with E-state index < -0.39 is 17.4 Å². The van der Waals surface area contributed by atoms with E-state index in [0.717, 1.165) is 11.3 Å². The lowest BCUT2D eigenvalue weighted by Gasteiger charge is -2.04. The summed E-state index contributed by atoms with van der Waals surface area (Å²) in [6.45, 7) is 1.75. The van der Waals surface area contributed by atoms with Gasteiger partial charge in [-0.1, -0.05) is 12.1 Å². The van der Waals surface area contributed by atoms with Gasteiger partial charge in [0.25, 0.3) is 5.56 Å². The van der Waals surface area contributed by atoms with Crippen LogP contribution in [0.25, 0.3) is 12.2 Å². The lowest BCUT2D eigenvalue weighted by Crippen LogP contribution is -2.38. The van der Waals surface area contributed by atoms with Gasteiger partial charge in [-0.15, -0.1) is 11.3 Å². The summed E-state index contributed by atoms with van der Waals surface area (Å²) in [5.74, 6) is -0.847. The number of carbonyl (C=O) groups is 2. The van der Waals surface area contributed by atoms with Crippen molar-refractivity contribution in [3.05, 3.63) is 79.4 Å². The van der Waals surface area contributed by atoms with Crippen LogP contribution >= 0.6 is 11.3 Å². The molecule has 1 aromatic carbocycles. The normalized spacial score (nSPS) is 12.2. The average Bonchev–Trinajstić information content (AvgIpc) is 3.33. The van der Waals surface area contributed by atoms with Crippen molar-refractivity contribution >= 4 is 35.4 Å². The van der Waals surface area contributed by atoms with Gasteiger partial charge in [0, 0.05) is 0 Å². The third-order valence-electron chi connectivity index (χ3n) is 3.97. The zero-order valence-corrected chi connectivity index (χ0v) is 16.9. The molecular formula is C21H19FN2O5S. The first kappa shape index (κ1) is 21.3. The largest absolute Gasteiger partial charge is 0.467 e. The molecular weight excluding hydrogens is 411 g/mol. The van der Waals surface area contributed by atoms with Gasteiger partial charge in [-0.2, -0.15) is 0 Å². The minimum Gasteiger partial charge on any atom is -0.467 e. The van der Waals surface area contributed by atoms with Gasteiger partial charge in [0.15, 0.2) is 0 Å². The van der Waals surface area contributed by atoms with E-state index in [2.05, 4.69) is 5.32 Å². The van der Waals surface area contributed by atoms with Crippen molar-refractivity contribution in [3.8, 4) is 0 Å². The molecule has 1 amide bonds. The van der Waals surface area contributed by atoms with Crippen LogP contribution in [0.15, 0.2) is 51.9 Å². The molecule has 7 nitrogen and oxygen atoms in total. The number of aromatic nitrogens is 1. The molecule has 2 aromatic heterocycles. The molecule has 0 saturated heterocycles. The van der Waals surface area contributed by atoms with Gasteiger partial charge in [-0.3, -0.25) is 14.2 Å². The van der Waals surface area contributed by atoms with E-state index in [1.807, 2.05) is 0 Å². The van der Waals surface area contributed by atoms with Crippen molar-refractivity contribution in [1.29, 1.82) is 0 Å². The number of hydrogen-bond acceptors (Lipinski definition) is 6. The van der Waals surface area contributed by atoms with Crippen LogP contribution in [-0.2, 0) is 27.4 Å². The fourth-order valence-corrected chi connectivity index (χ4v) is 3.62. The van der Waals surface area contributed by atoms with E-state index in [0.29, 0.717) is 15.9 Å². The summed E-state index contributed by atoms with van der Waals surface area (Å²) < 4.78 is 25.0. The van der Waals surface area contributed by atoms with E-state index in [-0.39, 0.29) is 30.2 Å². The average molecular weight is 430 g/mol. The number of benzene rings is 1. The SMILES string of the molecule is CCOC(=O)/C=c1\s/c(=C\c2ccc(F)cc2)c(=O)n1CC(=O)NCc1ccco1. The molecule has 0 atom stereocenters. The topological polar surface area (TPSA) is 90.5 Å². The number of hydrogen-bond donors (Lipinski definition) is 1. The third-order valence-corrected chi connectivity index (χ3v) is 5.03. The van der Waals surface area contributed by atoms with Gasteiger partial charge in [-0.05, 0) is 42.8 Å². The molecule has 9 heteroatoms. The Balaban J connectivity index is 1.93. The number of halogens is 1. The molecule has 3 aromatic rings. The fraction of sp³-hybridized carbons (Fsp3) is 0.190. The molecule has 30 heavy (non-hydrogen) atoms. The minimum absolute atomic E-state index is 0.177. The molecule has 156 valence electrons. The highest BCUT2D eigenvalue weighted by Crippen LogP contribution is 2.03. The maximum atomic E-state index is 13.1. The second-order valence-electron chi connectivity index (χ2n) is 6.14. The Morgan fingerprint density at radius 3 is 2.70 bits per heavy atom. The van der Waals surface area contributed by atoms with Crippen molar-refractivity contribution in [2.24, 2.45) is 0 Å². The lowest BCUT2D eigenvalue weighted by molar-refractivity contribution is -0.135. The summed E-state index contributed by atoms with van der Waals surface area (Å²) in [5.41, 5.74) is 0.180. The van der Waals surface area contributed by atoms with Crippen molar-refractivity contribution in [3.63, 3.8) is 0 Å². The quantitative estimate of drug-likeness (QED) is 0.568. The van der Waals surface area contributed by atoms with Crippen LogP contribution in [0.2, 0.25) is 0 Å². The molecule has 0 aliphatic carbocycles.